The van der Waals surface area contributed by atoms with E-state index in [1.165, 1.54) is 16.3 Å². The summed E-state index contributed by atoms with van der Waals surface area (Å²) in [7, 11) is 0. The van der Waals surface area contributed by atoms with E-state index in [1.54, 1.807) is 0 Å². The van der Waals surface area contributed by atoms with Crippen LogP contribution in [-0.2, 0) is 6.54 Å². The van der Waals surface area contributed by atoms with E-state index < -0.39 is 0 Å². The van der Waals surface area contributed by atoms with Gasteiger partial charge in [-0.3, -0.25) is 4.90 Å². The first-order chi connectivity index (χ1) is 8.42. The van der Waals surface area contributed by atoms with Gasteiger partial charge < -0.3 is 0 Å². The summed E-state index contributed by atoms with van der Waals surface area (Å²) in [5.74, 6) is 0. The standard InChI is InChI=1S/C15H17N2/c1-2-4-15-11-13(5-6-14(15)3-1)12-17-9-7-16-8-10-17/h1-6,11H,7-10,12H2. The number of nitrogens with zero attached hydrogens (tertiary/aromatic N) is 2. The van der Waals surface area contributed by atoms with Crippen LogP contribution in [0, 0.1) is 0 Å². The predicted molar refractivity (Wildman–Crippen MR) is 71.1 cm³/mol. The van der Waals surface area contributed by atoms with Gasteiger partial charge in [0.2, 0.25) is 0 Å². The summed E-state index contributed by atoms with van der Waals surface area (Å²) in [5.41, 5.74) is 1.41. The maximum atomic E-state index is 4.38. The van der Waals surface area contributed by atoms with Crippen LogP contribution in [0.25, 0.3) is 10.8 Å². The fourth-order valence-electron chi connectivity index (χ4n) is 2.40. The van der Waals surface area contributed by atoms with Crippen molar-refractivity contribution in [3.63, 3.8) is 0 Å². The molecule has 0 amide bonds. The lowest BCUT2D eigenvalue weighted by atomic mass is 10.1. The first-order valence-corrected chi connectivity index (χ1v) is 6.25. The van der Waals surface area contributed by atoms with Crippen LogP contribution in [0.3, 0.4) is 0 Å². The van der Waals surface area contributed by atoms with Crippen molar-refractivity contribution in [1.82, 2.24) is 10.2 Å². The molecule has 0 atom stereocenters. The average Bonchev–Trinajstić information content (AvgIpc) is 2.40. The van der Waals surface area contributed by atoms with Gasteiger partial charge in [0.15, 0.2) is 0 Å². The zero-order valence-electron chi connectivity index (χ0n) is 9.97. The summed E-state index contributed by atoms with van der Waals surface area (Å²) in [6.07, 6.45) is 0. The van der Waals surface area contributed by atoms with Gasteiger partial charge in [0.1, 0.15) is 0 Å². The van der Waals surface area contributed by atoms with Crippen LogP contribution in [0.4, 0.5) is 0 Å². The first kappa shape index (κ1) is 10.8. The highest BCUT2D eigenvalue weighted by atomic mass is 15.2. The smallest absolute Gasteiger partial charge is 0.0261 e. The third-order valence-corrected chi connectivity index (χ3v) is 3.37. The Morgan fingerprint density at radius 2 is 1.71 bits per heavy atom. The summed E-state index contributed by atoms with van der Waals surface area (Å²) < 4.78 is 0. The monoisotopic (exact) mass is 225 g/mol. The van der Waals surface area contributed by atoms with Crippen LogP contribution < -0.4 is 5.32 Å². The fourth-order valence-corrected chi connectivity index (χ4v) is 2.40. The molecule has 17 heavy (non-hydrogen) atoms. The molecular formula is C15H17N2. The average molecular weight is 225 g/mol. The first-order valence-electron chi connectivity index (χ1n) is 6.25. The Bertz CT molecular complexity index is 501. The maximum absolute atomic E-state index is 4.38. The second-order valence-corrected chi connectivity index (χ2v) is 4.63. The van der Waals surface area contributed by atoms with Crippen molar-refractivity contribution in [2.45, 2.75) is 6.54 Å². The van der Waals surface area contributed by atoms with Crippen molar-refractivity contribution in [2.24, 2.45) is 0 Å². The van der Waals surface area contributed by atoms with E-state index in [-0.39, 0.29) is 0 Å². The number of piperazine rings is 1. The molecule has 2 aromatic carbocycles. The number of benzene rings is 2. The van der Waals surface area contributed by atoms with Gasteiger partial charge in [0.05, 0.1) is 0 Å². The number of fused-ring (bicyclic) bond motifs is 1. The van der Waals surface area contributed by atoms with Crippen molar-refractivity contribution in [2.75, 3.05) is 26.2 Å². The van der Waals surface area contributed by atoms with Crippen LogP contribution >= 0.6 is 0 Å². The minimum absolute atomic E-state index is 0.994. The Labute approximate surface area is 102 Å². The minimum Gasteiger partial charge on any atom is -0.296 e. The molecule has 1 aliphatic heterocycles. The molecule has 0 unspecified atom stereocenters. The van der Waals surface area contributed by atoms with E-state index in [2.05, 4.69) is 52.7 Å². The Balaban J connectivity index is 1.80. The molecule has 0 aromatic heterocycles. The SMILES string of the molecule is c1ccc2cc(CN3CC[N]CC3)ccc2c1. The molecule has 0 N–H and O–H groups in total. The molecule has 2 nitrogen and oxygen atoms in total. The maximum Gasteiger partial charge on any atom is 0.0261 e. The molecule has 0 aliphatic carbocycles. The van der Waals surface area contributed by atoms with E-state index in [9.17, 15) is 0 Å². The van der Waals surface area contributed by atoms with Crippen LogP contribution in [0.2, 0.25) is 0 Å². The number of hydrogen-bond acceptors (Lipinski definition) is 1. The van der Waals surface area contributed by atoms with Gasteiger partial charge >= 0.3 is 0 Å². The van der Waals surface area contributed by atoms with Gasteiger partial charge in [0, 0.05) is 32.7 Å². The molecule has 1 fully saturated rings. The van der Waals surface area contributed by atoms with Crippen molar-refractivity contribution < 1.29 is 0 Å². The Kier molecular flexibility index (Phi) is 3.08. The molecule has 0 bridgehead atoms. The van der Waals surface area contributed by atoms with Crippen LogP contribution in [-0.4, -0.2) is 31.1 Å². The molecule has 1 saturated heterocycles. The fraction of sp³-hybridized carbons (Fsp3) is 0.333. The lowest BCUT2D eigenvalue weighted by Gasteiger charge is -2.26. The Morgan fingerprint density at radius 1 is 0.941 bits per heavy atom. The van der Waals surface area contributed by atoms with Crippen molar-refractivity contribution >= 4 is 10.8 Å². The zero-order chi connectivity index (χ0) is 11.5. The molecule has 2 aromatic rings. The van der Waals surface area contributed by atoms with Gasteiger partial charge in [-0.2, -0.15) is 0 Å². The molecule has 1 heterocycles. The van der Waals surface area contributed by atoms with E-state index in [1.807, 2.05) is 0 Å². The van der Waals surface area contributed by atoms with Crippen molar-refractivity contribution in [3.05, 3.63) is 48.0 Å². The summed E-state index contributed by atoms with van der Waals surface area (Å²) in [6.45, 7) is 5.25. The summed E-state index contributed by atoms with van der Waals surface area (Å²) >= 11 is 0. The molecular weight excluding hydrogens is 208 g/mol. The third kappa shape index (κ3) is 2.48. The largest absolute Gasteiger partial charge is 0.296 e. The minimum atomic E-state index is 0.994. The topological polar surface area (TPSA) is 17.3 Å². The van der Waals surface area contributed by atoms with Gasteiger partial charge in [-0.05, 0) is 22.4 Å². The molecule has 0 spiro atoms. The van der Waals surface area contributed by atoms with Crippen LogP contribution in [0.5, 0.6) is 0 Å². The van der Waals surface area contributed by atoms with Gasteiger partial charge in [-0.25, -0.2) is 5.32 Å². The molecule has 1 radical (unpaired) electrons. The van der Waals surface area contributed by atoms with Gasteiger partial charge in [-0.1, -0.05) is 36.4 Å². The van der Waals surface area contributed by atoms with Crippen LogP contribution in [0.15, 0.2) is 42.5 Å². The highest BCUT2D eigenvalue weighted by Gasteiger charge is 2.10. The molecule has 0 saturated carbocycles. The highest BCUT2D eigenvalue weighted by molar-refractivity contribution is 5.82. The van der Waals surface area contributed by atoms with Gasteiger partial charge in [-0.15, -0.1) is 0 Å². The van der Waals surface area contributed by atoms with E-state index in [0.717, 1.165) is 32.7 Å². The summed E-state index contributed by atoms with van der Waals surface area (Å²) in [5, 5.41) is 7.04. The van der Waals surface area contributed by atoms with E-state index in [0.29, 0.717) is 0 Å². The Morgan fingerprint density at radius 3 is 2.53 bits per heavy atom. The predicted octanol–water partition coefficient (Wildman–Crippen LogP) is 2.26. The Hall–Kier alpha value is -1.38. The lowest BCUT2D eigenvalue weighted by Crippen LogP contribution is -2.39. The van der Waals surface area contributed by atoms with Crippen molar-refractivity contribution in [1.29, 1.82) is 0 Å². The lowest BCUT2D eigenvalue weighted by molar-refractivity contribution is 0.231. The number of hydrogen-bond donors (Lipinski definition) is 0. The second kappa shape index (κ2) is 4.86. The van der Waals surface area contributed by atoms with E-state index in [4.69, 9.17) is 0 Å². The second-order valence-electron chi connectivity index (χ2n) is 4.63. The van der Waals surface area contributed by atoms with Crippen molar-refractivity contribution in [3.8, 4) is 0 Å². The quantitative estimate of drug-likeness (QED) is 0.766. The molecule has 1 aliphatic rings. The van der Waals surface area contributed by atoms with E-state index >= 15 is 0 Å². The third-order valence-electron chi connectivity index (χ3n) is 3.37. The highest BCUT2D eigenvalue weighted by Crippen LogP contribution is 2.16. The normalized spacial score (nSPS) is 17.4. The molecule has 87 valence electrons. The summed E-state index contributed by atoms with van der Waals surface area (Å²) in [6, 6.07) is 15.3. The summed E-state index contributed by atoms with van der Waals surface area (Å²) in [4.78, 5) is 2.48. The van der Waals surface area contributed by atoms with Crippen LogP contribution in [0.1, 0.15) is 5.56 Å². The zero-order valence-corrected chi connectivity index (χ0v) is 9.97. The molecule has 2 heteroatoms. The van der Waals surface area contributed by atoms with Gasteiger partial charge in [0.25, 0.3) is 0 Å². The molecule has 3 rings (SSSR count). The number of rotatable bonds is 2.